The van der Waals surface area contributed by atoms with Crippen LogP contribution in [-0.2, 0) is 23.1 Å². The Morgan fingerprint density at radius 1 is 1.33 bits per heavy atom. The minimum Gasteiger partial charge on any atom is -0.461 e. The normalized spacial score (nSPS) is 10.8. The summed E-state index contributed by atoms with van der Waals surface area (Å²) < 4.78 is 13.8. The van der Waals surface area contributed by atoms with Gasteiger partial charge in [-0.3, -0.25) is 0 Å². The van der Waals surface area contributed by atoms with Gasteiger partial charge < -0.3 is 14.0 Å². The maximum Gasteiger partial charge on any atom is 0.361 e. The summed E-state index contributed by atoms with van der Waals surface area (Å²) in [7, 11) is 1.84. The maximum atomic E-state index is 12.0. The van der Waals surface area contributed by atoms with Gasteiger partial charge in [0.2, 0.25) is 0 Å². The number of esters is 1. The third kappa shape index (κ3) is 3.27. The topological polar surface area (TPSA) is 84.1 Å². The van der Waals surface area contributed by atoms with Gasteiger partial charge in [-0.25, -0.2) is 14.5 Å². The Kier molecular flexibility index (Phi) is 5.04. The predicted molar refractivity (Wildman–Crippen MR) is 74.7 cm³/mol. The van der Waals surface area contributed by atoms with Gasteiger partial charge in [0.05, 0.1) is 38.0 Å². The number of aryl methyl sites for hydroxylation is 1. The minimum absolute atomic E-state index is 0.192. The van der Waals surface area contributed by atoms with E-state index in [4.69, 9.17) is 9.47 Å². The Morgan fingerprint density at radius 3 is 2.76 bits per heavy atom. The number of hydrogen-bond donors (Lipinski definition) is 0. The molecule has 21 heavy (non-hydrogen) atoms. The van der Waals surface area contributed by atoms with Crippen molar-refractivity contribution in [3.63, 3.8) is 0 Å². The molecular weight excluding hydrogens is 274 g/mol. The van der Waals surface area contributed by atoms with Crippen molar-refractivity contribution in [2.45, 2.75) is 20.4 Å². The molecule has 0 saturated heterocycles. The van der Waals surface area contributed by atoms with Crippen molar-refractivity contribution in [1.29, 1.82) is 0 Å². The van der Waals surface area contributed by atoms with Crippen LogP contribution in [0.2, 0.25) is 0 Å². The van der Waals surface area contributed by atoms with Crippen LogP contribution in [0.25, 0.3) is 11.4 Å². The molecule has 0 fully saturated rings. The van der Waals surface area contributed by atoms with E-state index in [0.717, 1.165) is 5.69 Å². The lowest BCUT2D eigenvalue weighted by Crippen LogP contribution is -2.12. The first-order valence-electron chi connectivity index (χ1n) is 6.84. The van der Waals surface area contributed by atoms with E-state index in [1.54, 1.807) is 28.7 Å². The lowest BCUT2D eigenvalue weighted by Gasteiger charge is -2.08. The molecule has 8 heteroatoms. The second kappa shape index (κ2) is 6.98. The van der Waals surface area contributed by atoms with Crippen molar-refractivity contribution in [2.75, 3.05) is 19.8 Å². The summed E-state index contributed by atoms with van der Waals surface area (Å²) in [6.07, 6.45) is 3.32. The van der Waals surface area contributed by atoms with E-state index in [0.29, 0.717) is 25.5 Å². The van der Waals surface area contributed by atoms with Gasteiger partial charge in [-0.1, -0.05) is 5.21 Å². The smallest absolute Gasteiger partial charge is 0.361 e. The highest BCUT2D eigenvalue weighted by atomic mass is 16.5. The van der Waals surface area contributed by atoms with Crippen molar-refractivity contribution in [3.8, 4) is 11.4 Å². The van der Waals surface area contributed by atoms with Crippen LogP contribution < -0.4 is 0 Å². The standard InChI is InChI=1S/C13H19N5O3/c1-4-20-7-6-18-12(10-8-14-9-17(10)3)11(15-16-18)13(19)21-5-2/h8-9H,4-7H2,1-3H3. The molecule has 0 aliphatic heterocycles. The van der Waals surface area contributed by atoms with Gasteiger partial charge in [0.25, 0.3) is 0 Å². The van der Waals surface area contributed by atoms with Gasteiger partial charge in [-0.2, -0.15) is 0 Å². The molecule has 2 aromatic rings. The fourth-order valence-corrected chi connectivity index (χ4v) is 1.94. The molecule has 0 spiro atoms. The maximum absolute atomic E-state index is 12.0. The summed E-state index contributed by atoms with van der Waals surface area (Å²) in [5.74, 6) is -0.489. The highest BCUT2D eigenvalue weighted by Crippen LogP contribution is 2.22. The third-order valence-corrected chi connectivity index (χ3v) is 2.91. The largest absolute Gasteiger partial charge is 0.461 e. The first kappa shape index (κ1) is 15.2. The second-order valence-corrected chi connectivity index (χ2v) is 4.32. The number of nitrogens with zero attached hydrogens (tertiary/aromatic N) is 5. The molecule has 0 aliphatic carbocycles. The quantitative estimate of drug-likeness (QED) is 0.557. The number of aromatic nitrogens is 5. The Labute approximate surface area is 122 Å². The monoisotopic (exact) mass is 293 g/mol. The average Bonchev–Trinajstić information content (AvgIpc) is 3.05. The van der Waals surface area contributed by atoms with E-state index in [1.165, 1.54) is 0 Å². The van der Waals surface area contributed by atoms with Crippen LogP contribution in [0.4, 0.5) is 0 Å². The van der Waals surface area contributed by atoms with Crippen LogP contribution >= 0.6 is 0 Å². The molecule has 0 aliphatic rings. The number of ether oxygens (including phenoxy) is 2. The lowest BCUT2D eigenvalue weighted by atomic mass is 10.2. The molecule has 2 aromatic heterocycles. The molecule has 114 valence electrons. The fraction of sp³-hybridized carbons (Fsp3) is 0.538. The van der Waals surface area contributed by atoms with Crippen molar-refractivity contribution in [1.82, 2.24) is 24.5 Å². The van der Waals surface area contributed by atoms with Gasteiger partial charge in [-0.05, 0) is 13.8 Å². The molecular formula is C13H19N5O3. The van der Waals surface area contributed by atoms with Crippen molar-refractivity contribution >= 4 is 5.97 Å². The van der Waals surface area contributed by atoms with E-state index < -0.39 is 5.97 Å². The van der Waals surface area contributed by atoms with Crippen LogP contribution in [0.15, 0.2) is 12.5 Å². The van der Waals surface area contributed by atoms with Crippen LogP contribution in [-0.4, -0.2) is 50.3 Å². The van der Waals surface area contributed by atoms with E-state index in [-0.39, 0.29) is 12.3 Å². The van der Waals surface area contributed by atoms with Crippen LogP contribution in [0, 0.1) is 0 Å². The summed E-state index contributed by atoms with van der Waals surface area (Å²) in [6.45, 7) is 5.58. The summed E-state index contributed by atoms with van der Waals surface area (Å²) in [4.78, 5) is 16.1. The van der Waals surface area contributed by atoms with E-state index >= 15 is 0 Å². The molecule has 0 aromatic carbocycles. The number of carbonyl (C=O) groups excluding carboxylic acids is 1. The molecule has 8 nitrogen and oxygen atoms in total. The number of carbonyl (C=O) groups is 1. The van der Waals surface area contributed by atoms with E-state index in [1.807, 2.05) is 14.0 Å². The first-order chi connectivity index (χ1) is 10.2. The Hall–Kier alpha value is -2.22. The van der Waals surface area contributed by atoms with Gasteiger partial charge >= 0.3 is 5.97 Å². The third-order valence-electron chi connectivity index (χ3n) is 2.91. The Balaban J connectivity index is 2.38. The Morgan fingerprint density at radius 2 is 2.14 bits per heavy atom. The van der Waals surface area contributed by atoms with Crippen LogP contribution in [0.1, 0.15) is 24.3 Å². The average molecular weight is 293 g/mol. The lowest BCUT2D eigenvalue weighted by molar-refractivity contribution is 0.0520. The molecule has 2 heterocycles. The minimum atomic E-state index is -0.489. The zero-order chi connectivity index (χ0) is 15.2. The van der Waals surface area contributed by atoms with E-state index in [2.05, 4.69) is 15.3 Å². The van der Waals surface area contributed by atoms with Gasteiger partial charge in [0.1, 0.15) is 5.69 Å². The van der Waals surface area contributed by atoms with Gasteiger partial charge in [0.15, 0.2) is 5.69 Å². The molecule has 0 N–H and O–H groups in total. The van der Waals surface area contributed by atoms with Crippen molar-refractivity contribution in [2.24, 2.45) is 7.05 Å². The molecule has 2 rings (SSSR count). The molecule has 0 saturated carbocycles. The number of imidazole rings is 1. The molecule has 0 radical (unpaired) electrons. The fourth-order valence-electron chi connectivity index (χ4n) is 1.94. The predicted octanol–water partition coefficient (Wildman–Crippen LogP) is 0.892. The highest BCUT2D eigenvalue weighted by Gasteiger charge is 2.24. The highest BCUT2D eigenvalue weighted by molar-refractivity contribution is 5.93. The summed E-state index contributed by atoms with van der Waals surface area (Å²) in [6, 6.07) is 0. The second-order valence-electron chi connectivity index (χ2n) is 4.32. The SMILES string of the molecule is CCOCCn1nnc(C(=O)OCC)c1-c1cncn1C. The summed E-state index contributed by atoms with van der Waals surface area (Å²) in [5.41, 5.74) is 1.53. The summed E-state index contributed by atoms with van der Waals surface area (Å²) in [5, 5.41) is 7.99. The molecule has 0 amide bonds. The van der Waals surface area contributed by atoms with Crippen LogP contribution in [0.3, 0.4) is 0 Å². The molecule has 0 atom stereocenters. The van der Waals surface area contributed by atoms with Crippen molar-refractivity contribution in [3.05, 3.63) is 18.2 Å². The summed E-state index contributed by atoms with van der Waals surface area (Å²) >= 11 is 0. The zero-order valence-electron chi connectivity index (χ0n) is 12.4. The Bertz CT molecular complexity index is 605. The zero-order valence-corrected chi connectivity index (χ0v) is 12.4. The molecule has 0 bridgehead atoms. The van der Waals surface area contributed by atoms with Gasteiger partial charge in [0, 0.05) is 13.7 Å². The van der Waals surface area contributed by atoms with E-state index in [9.17, 15) is 4.79 Å². The molecule has 0 unspecified atom stereocenters. The number of hydrogen-bond acceptors (Lipinski definition) is 6. The van der Waals surface area contributed by atoms with Crippen molar-refractivity contribution < 1.29 is 14.3 Å². The first-order valence-corrected chi connectivity index (χ1v) is 6.84. The van der Waals surface area contributed by atoms with Gasteiger partial charge in [-0.15, -0.1) is 5.10 Å². The number of rotatable bonds is 7. The van der Waals surface area contributed by atoms with Crippen LogP contribution in [0.5, 0.6) is 0 Å².